The van der Waals surface area contributed by atoms with Crippen LogP contribution < -0.4 is 5.32 Å². The summed E-state index contributed by atoms with van der Waals surface area (Å²) in [7, 11) is 0. The fourth-order valence-electron chi connectivity index (χ4n) is 1.66. The number of benzene rings is 1. The molecule has 5 nitrogen and oxygen atoms in total. The molecule has 104 valence electrons. The predicted octanol–water partition coefficient (Wildman–Crippen LogP) is 2.01. The van der Waals surface area contributed by atoms with Crippen molar-refractivity contribution in [3.05, 3.63) is 65.5 Å². The third-order valence-electron chi connectivity index (χ3n) is 2.77. The number of aromatic nitrogens is 1. The minimum Gasteiger partial charge on any atom is -0.508 e. The van der Waals surface area contributed by atoms with Crippen LogP contribution in [-0.4, -0.2) is 16.0 Å². The Balaban J connectivity index is 2.05. The molecule has 0 atom stereocenters. The molecule has 0 aliphatic rings. The van der Waals surface area contributed by atoms with E-state index >= 15 is 0 Å². The molecule has 0 saturated carbocycles. The zero-order valence-electron chi connectivity index (χ0n) is 11.2. The normalized spacial score (nSPS) is 10.7. The zero-order chi connectivity index (χ0) is 15.1. The summed E-state index contributed by atoms with van der Waals surface area (Å²) < 4.78 is 0. The molecule has 2 aromatic rings. The lowest BCUT2D eigenvalue weighted by Crippen LogP contribution is -2.23. The maximum absolute atomic E-state index is 12.0. The van der Waals surface area contributed by atoms with Gasteiger partial charge in [0.15, 0.2) is 0 Å². The Kier molecular flexibility index (Phi) is 4.67. The van der Waals surface area contributed by atoms with Crippen molar-refractivity contribution >= 4 is 12.0 Å². The van der Waals surface area contributed by atoms with Crippen molar-refractivity contribution in [2.24, 2.45) is 0 Å². The summed E-state index contributed by atoms with van der Waals surface area (Å²) in [5.74, 6) is -0.310. The summed E-state index contributed by atoms with van der Waals surface area (Å²) in [6.07, 6.45) is 4.75. The quantitative estimate of drug-likeness (QED) is 0.662. The summed E-state index contributed by atoms with van der Waals surface area (Å²) in [6, 6.07) is 11.7. The van der Waals surface area contributed by atoms with Crippen molar-refractivity contribution < 1.29 is 9.90 Å². The summed E-state index contributed by atoms with van der Waals surface area (Å²) in [5.41, 5.74) is 1.58. The molecular weight excluding hydrogens is 266 g/mol. The van der Waals surface area contributed by atoms with E-state index in [4.69, 9.17) is 5.26 Å². The second kappa shape index (κ2) is 6.87. The number of nitrogens with zero attached hydrogens (tertiary/aromatic N) is 2. The van der Waals surface area contributed by atoms with Crippen molar-refractivity contribution in [2.45, 2.75) is 6.54 Å². The number of nitrogens with one attached hydrogen (secondary N) is 1. The lowest BCUT2D eigenvalue weighted by molar-refractivity contribution is -0.117. The van der Waals surface area contributed by atoms with Gasteiger partial charge in [0.25, 0.3) is 5.91 Å². The molecule has 0 fully saturated rings. The highest BCUT2D eigenvalue weighted by Crippen LogP contribution is 2.12. The van der Waals surface area contributed by atoms with Gasteiger partial charge < -0.3 is 10.4 Å². The van der Waals surface area contributed by atoms with Gasteiger partial charge >= 0.3 is 0 Å². The highest BCUT2D eigenvalue weighted by molar-refractivity contribution is 6.01. The number of aromatic hydroxyl groups is 1. The number of amides is 1. The van der Waals surface area contributed by atoms with Crippen LogP contribution in [0.15, 0.2) is 54.4 Å². The van der Waals surface area contributed by atoms with Gasteiger partial charge in [-0.25, -0.2) is 0 Å². The van der Waals surface area contributed by atoms with Crippen LogP contribution >= 0.6 is 0 Å². The zero-order valence-corrected chi connectivity index (χ0v) is 11.2. The van der Waals surface area contributed by atoms with Crippen LogP contribution in [0.25, 0.3) is 6.08 Å². The molecule has 0 radical (unpaired) electrons. The molecule has 1 heterocycles. The van der Waals surface area contributed by atoms with Crippen molar-refractivity contribution in [1.29, 1.82) is 5.26 Å². The number of hydrogen-bond donors (Lipinski definition) is 2. The topological polar surface area (TPSA) is 86.0 Å². The number of nitriles is 1. The largest absolute Gasteiger partial charge is 0.508 e. The summed E-state index contributed by atoms with van der Waals surface area (Å²) in [4.78, 5) is 15.8. The third kappa shape index (κ3) is 4.18. The minimum atomic E-state index is -0.442. The van der Waals surface area contributed by atoms with Crippen LogP contribution in [0.1, 0.15) is 11.1 Å². The van der Waals surface area contributed by atoms with E-state index in [0.29, 0.717) is 12.1 Å². The number of hydrogen-bond acceptors (Lipinski definition) is 4. The average Bonchev–Trinajstić information content (AvgIpc) is 2.53. The van der Waals surface area contributed by atoms with E-state index in [0.717, 1.165) is 5.56 Å². The van der Waals surface area contributed by atoms with Crippen LogP contribution in [-0.2, 0) is 11.3 Å². The van der Waals surface area contributed by atoms with Gasteiger partial charge in [0, 0.05) is 18.9 Å². The Morgan fingerprint density at radius 1 is 1.24 bits per heavy atom. The van der Waals surface area contributed by atoms with E-state index in [1.807, 2.05) is 6.07 Å². The third-order valence-corrected chi connectivity index (χ3v) is 2.77. The van der Waals surface area contributed by atoms with Gasteiger partial charge in [0.1, 0.15) is 17.4 Å². The molecule has 21 heavy (non-hydrogen) atoms. The Bertz CT molecular complexity index is 686. The van der Waals surface area contributed by atoms with Gasteiger partial charge in [0.05, 0.1) is 0 Å². The maximum Gasteiger partial charge on any atom is 0.262 e. The van der Waals surface area contributed by atoms with Crippen LogP contribution in [0.5, 0.6) is 5.75 Å². The first kappa shape index (κ1) is 14.3. The number of rotatable bonds is 4. The van der Waals surface area contributed by atoms with Crippen LogP contribution in [0.3, 0.4) is 0 Å². The van der Waals surface area contributed by atoms with Crippen LogP contribution in [0, 0.1) is 11.3 Å². The van der Waals surface area contributed by atoms with Crippen molar-refractivity contribution in [3.63, 3.8) is 0 Å². The molecule has 0 spiro atoms. The highest BCUT2D eigenvalue weighted by Gasteiger charge is 2.08. The molecule has 1 aromatic heterocycles. The minimum absolute atomic E-state index is 0.00902. The molecule has 0 bridgehead atoms. The smallest absolute Gasteiger partial charge is 0.262 e. The average molecular weight is 279 g/mol. The van der Waals surface area contributed by atoms with E-state index < -0.39 is 5.91 Å². The monoisotopic (exact) mass is 279 g/mol. The van der Waals surface area contributed by atoms with E-state index in [2.05, 4.69) is 10.3 Å². The van der Waals surface area contributed by atoms with Gasteiger partial charge in [-0.05, 0) is 41.5 Å². The van der Waals surface area contributed by atoms with Crippen molar-refractivity contribution in [3.8, 4) is 11.8 Å². The SMILES string of the molecule is N#C/C(=C\c1ccc(O)cc1)C(=O)NCc1ccncc1. The molecule has 0 unspecified atom stereocenters. The van der Waals surface area contributed by atoms with E-state index in [1.165, 1.54) is 18.2 Å². The first-order valence-electron chi connectivity index (χ1n) is 6.27. The number of carbonyl (C=O) groups excluding carboxylic acids is 1. The maximum atomic E-state index is 12.0. The number of phenolic OH excluding ortho intramolecular Hbond substituents is 1. The van der Waals surface area contributed by atoms with Gasteiger partial charge in [-0.3, -0.25) is 9.78 Å². The molecule has 0 saturated heterocycles. The van der Waals surface area contributed by atoms with Crippen LogP contribution in [0.4, 0.5) is 0 Å². The van der Waals surface area contributed by atoms with E-state index in [-0.39, 0.29) is 11.3 Å². The lowest BCUT2D eigenvalue weighted by Gasteiger charge is -2.04. The van der Waals surface area contributed by atoms with E-state index in [9.17, 15) is 9.90 Å². The molecule has 0 aliphatic heterocycles. The van der Waals surface area contributed by atoms with Crippen molar-refractivity contribution in [1.82, 2.24) is 10.3 Å². The summed E-state index contributed by atoms with van der Waals surface area (Å²) >= 11 is 0. The number of pyridine rings is 1. The lowest BCUT2D eigenvalue weighted by atomic mass is 10.1. The molecule has 1 amide bonds. The van der Waals surface area contributed by atoms with E-state index in [1.54, 1.807) is 36.7 Å². The first-order valence-corrected chi connectivity index (χ1v) is 6.27. The van der Waals surface area contributed by atoms with Crippen molar-refractivity contribution in [2.75, 3.05) is 0 Å². The summed E-state index contributed by atoms with van der Waals surface area (Å²) in [5, 5.41) is 20.9. The molecule has 5 heteroatoms. The Morgan fingerprint density at radius 3 is 2.52 bits per heavy atom. The highest BCUT2D eigenvalue weighted by atomic mass is 16.3. The second-order valence-corrected chi connectivity index (χ2v) is 4.30. The van der Waals surface area contributed by atoms with Crippen LogP contribution in [0.2, 0.25) is 0 Å². The standard InChI is InChI=1S/C16H13N3O2/c17-10-14(9-12-1-3-15(20)4-2-12)16(21)19-11-13-5-7-18-8-6-13/h1-9,20H,11H2,(H,19,21)/b14-9+. The second-order valence-electron chi connectivity index (χ2n) is 4.30. The Labute approximate surface area is 122 Å². The fraction of sp³-hybridized carbons (Fsp3) is 0.0625. The fourth-order valence-corrected chi connectivity index (χ4v) is 1.66. The predicted molar refractivity (Wildman–Crippen MR) is 77.8 cm³/mol. The Hall–Kier alpha value is -3.13. The molecule has 2 N–H and O–H groups in total. The molecule has 0 aliphatic carbocycles. The molecule has 2 rings (SSSR count). The Morgan fingerprint density at radius 2 is 1.90 bits per heavy atom. The van der Waals surface area contributed by atoms with Gasteiger partial charge in [-0.15, -0.1) is 0 Å². The molecule has 1 aromatic carbocycles. The first-order chi connectivity index (χ1) is 10.2. The number of phenols is 1. The summed E-state index contributed by atoms with van der Waals surface area (Å²) in [6.45, 7) is 0.329. The number of carbonyl (C=O) groups is 1. The molecular formula is C16H13N3O2. The van der Waals surface area contributed by atoms with Gasteiger partial charge in [-0.2, -0.15) is 5.26 Å². The van der Waals surface area contributed by atoms with Gasteiger partial charge in [0.2, 0.25) is 0 Å². The van der Waals surface area contributed by atoms with Gasteiger partial charge in [-0.1, -0.05) is 12.1 Å².